The molecular formula is C15H20N2O3. The smallest absolute Gasteiger partial charge is 0.313 e. The van der Waals surface area contributed by atoms with E-state index in [0.717, 1.165) is 25.9 Å². The monoisotopic (exact) mass is 276 g/mol. The maximum atomic E-state index is 11.7. The highest BCUT2D eigenvalue weighted by Crippen LogP contribution is 2.11. The summed E-state index contributed by atoms with van der Waals surface area (Å²) in [6, 6.07) is 7.45. The molecule has 1 fully saturated rings. The van der Waals surface area contributed by atoms with Crippen LogP contribution in [0.4, 0.5) is 5.69 Å². The van der Waals surface area contributed by atoms with E-state index in [0.29, 0.717) is 12.2 Å². The second-order valence-electron chi connectivity index (χ2n) is 4.85. The lowest BCUT2D eigenvalue weighted by atomic mass is 10.1. The van der Waals surface area contributed by atoms with Gasteiger partial charge in [0, 0.05) is 18.8 Å². The highest BCUT2D eigenvalue weighted by atomic mass is 16.5. The van der Waals surface area contributed by atoms with Gasteiger partial charge in [-0.1, -0.05) is 19.1 Å². The fourth-order valence-electron chi connectivity index (χ4n) is 2.10. The third kappa shape index (κ3) is 4.06. The molecule has 1 aromatic carbocycles. The van der Waals surface area contributed by atoms with Crippen molar-refractivity contribution in [3.8, 4) is 0 Å². The minimum Gasteiger partial charge on any atom is -0.376 e. The topological polar surface area (TPSA) is 67.4 Å². The molecule has 0 unspecified atom stereocenters. The van der Waals surface area contributed by atoms with E-state index in [1.165, 1.54) is 5.56 Å². The summed E-state index contributed by atoms with van der Waals surface area (Å²) in [4.78, 5) is 23.4. The molecule has 108 valence electrons. The fourth-order valence-corrected chi connectivity index (χ4v) is 2.10. The Balaban J connectivity index is 1.78. The number of rotatable bonds is 4. The standard InChI is InChI=1S/C15H20N2O3/c1-2-11-5-7-12(8-6-11)17-15(19)14(18)16-10-13-4-3-9-20-13/h5-8,13H,2-4,9-10H2,1H3,(H,16,18)(H,17,19)/t13-/m0/s1. The van der Waals surface area contributed by atoms with Gasteiger partial charge in [0.2, 0.25) is 0 Å². The SMILES string of the molecule is CCc1ccc(NC(=O)C(=O)NC[C@@H]2CCCO2)cc1. The van der Waals surface area contributed by atoms with Crippen molar-refractivity contribution >= 4 is 17.5 Å². The average molecular weight is 276 g/mol. The Morgan fingerprint density at radius 1 is 1.25 bits per heavy atom. The zero-order chi connectivity index (χ0) is 14.4. The normalized spacial score (nSPS) is 17.8. The van der Waals surface area contributed by atoms with Crippen LogP contribution in [0.2, 0.25) is 0 Å². The second kappa shape index (κ2) is 7.05. The number of ether oxygens (including phenoxy) is 1. The highest BCUT2D eigenvalue weighted by Gasteiger charge is 2.19. The largest absolute Gasteiger partial charge is 0.376 e. The van der Waals surface area contributed by atoms with Crippen LogP contribution in [0.15, 0.2) is 24.3 Å². The Morgan fingerprint density at radius 3 is 2.60 bits per heavy atom. The molecule has 2 rings (SSSR count). The van der Waals surface area contributed by atoms with Gasteiger partial charge < -0.3 is 15.4 Å². The lowest BCUT2D eigenvalue weighted by Crippen LogP contribution is -2.39. The molecule has 2 N–H and O–H groups in total. The van der Waals surface area contributed by atoms with Gasteiger partial charge >= 0.3 is 11.8 Å². The van der Waals surface area contributed by atoms with E-state index in [1.54, 1.807) is 12.1 Å². The molecule has 1 atom stereocenters. The molecule has 1 aliphatic rings. The third-order valence-electron chi connectivity index (χ3n) is 3.34. The zero-order valence-corrected chi connectivity index (χ0v) is 11.6. The molecule has 0 spiro atoms. The third-order valence-corrected chi connectivity index (χ3v) is 3.34. The molecule has 0 aliphatic carbocycles. The van der Waals surface area contributed by atoms with Crippen molar-refractivity contribution in [2.24, 2.45) is 0 Å². The van der Waals surface area contributed by atoms with E-state index in [1.807, 2.05) is 12.1 Å². The number of anilines is 1. The van der Waals surface area contributed by atoms with Gasteiger partial charge in [-0.2, -0.15) is 0 Å². The molecular weight excluding hydrogens is 256 g/mol. The van der Waals surface area contributed by atoms with E-state index >= 15 is 0 Å². The minimum atomic E-state index is -0.646. The van der Waals surface area contributed by atoms with Gasteiger partial charge in [0.25, 0.3) is 0 Å². The molecule has 5 nitrogen and oxygen atoms in total. The Labute approximate surface area is 118 Å². The molecule has 0 saturated carbocycles. The van der Waals surface area contributed by atoms with Crippen LogP contribution < -0.4 is 10.6 Å². The molecule has 1 aromatic rings. The minimum absolute atomic E-state index is 0.0376. The van der Waals surface area contributed by atoms with Gasteiger partial charge in [0.1, 0.15) is 0 Å². The maximum Gasteiger partial charge on any atom is 0.313 e. The molecule has 1 aliphatic heterocycles. The van der Waals surface area contributed by atoms with Gasteiger partial charge in [0.05, 0.1) is 6.10 Å². The number of carbonyl (C=O) groups is 2. The number of amides is 2. The number of aryl methyl sites for hydroxylation is 1. The summed E-state index contributed by atoms with van der Waals surface area (Å²) < 4.78 is 5.38. The van der Waals surface area contributed by atoms with Crippen LogP contribution in [0.1, 0.15) is 25.3 Å². The maximum absolute atomic E-state index is 11.7. The summed E-state index contributed by atoms with van der Waals surface area (Å²) in [6.07, 6.45) is 2.92. The summed E-state index contributed by atoms with van der Waals surface area (Å²) in [6.45, 7) is 3.18. The molecule has 5 heteroatoms. The number of hydrogen-bond donors (Lipinski definition) is 2. The van der Waals surface area contributed by atoms with E-state index < -0.39 is 11.8 Å². The van der Waals surface area contributed by atoms with Crippen LogP contribution in [0.25, 0.3) is 0 Å². The summed E-state index contributed by atoms with van der Waals surface area (Å²) in [5.41, 5.74) is 1.81. The Kier molecular flexibility index (Phi) is 5.12. The summed E-state index contributed by atoms with van der Waals surface area (Å²) in [5.74, 6) is -1.27. The first-order valence-corrected chi connectivity index (χ1v) is 6.98. The zero-order valence-electron chi connectivity index (χ0n) is 11.6. The van der Waals surface area contributed by atoms with E-state index in [2.05, 4.69) is 17.6 Å². The number of hydrogen-bond acceptors (Lipinski definition) is 3. The number of nitrogens with one attached hydrogen (secondary N) is 2. The molecule has 1 saturated heterocycles. The number of carbonyl (C=O) groups excluding carboxylic acids is 2. The lowest BCUT2D eigenvalue weighted by molar-refractivity contribution is -0.136. The highest BCUT2D eigenvalue weighted by molar-refractivity contribution is 6.39. The quantitative estimate of drug-likeness (QED) is 0.819. The van der Waals surface area contributed by atoms with Crippen LogP contribution in [0.5, 0.6) is 0 Å². The van der Waals surface area contributed by atoms with Crippen LogP contribution in [0.3, 0.4) is 0 Å². The fraction of sp³-hybridized carbons (Fsp3) is 0.467. The summed E-state index contributed by atoms with van der Waals surface area (Å²) >= 11 is 0. The van der Waals surface area contributed by atoms with E-state index in [9.17, 15) is 9.59 Å². The van der Waals surface area contributed by atoms with Gasteiger partial charge in [-0.25, -0.2) is 0 Å². The van der Waals surface area contributed by atoms with Gasteiger partial charge in [-0.05, 0) is 37.0 Å². The first kappa shape index (κ1) is 14.5. The second-order valence-corrected chi connectivity index (χ2v) is 4.85. The molecule has 2 amide bonds. The lowest BCUT2D eigenvalue weighted by Gasteiger charge is -2.10. The average Bonchev–Trinajstić information content (AvgIpc) is 2.98. The molecule has 0 bridgehead atoms. The van der Waals surface area contributed by atoms with Crippen molar-refractivity contribution in [1.29, 1.82) is 0 Å². The molecule has 0 radical (unpaired) electrons. The van der Waals surface area contributed by atoms with Crippen molar-refractivity contribution in [3.05, 3.63) is 29.8 Å². The first-order chi connectivity index (χ1) is 9.69. The van der Waals surface area contributed by atoms with Crippen molar-refractivity contribution in [3.63, 3.8) is 0 Å². The Morgan fingerprint density at radius 2 is 2.00 bits per heavy atom. The predicted molar refractivity (Wildman–Crippen MR) is 76.4 cm³/mol. The predicted octanol–water partition coefficient (Wildman–Crippen LogP) is 1.48. The van der Waals surface area contributed by atoms with Gasteiger partial charge in [0.15, 0.2) is 0 Å². The summed E-state index contributed by atoms with van der Waals surface area (Å²) in [7, 11) is 0. The number of benzene rings is 1. The summed E-state index contributed by atoms with van der Waals surface area (Å²) in [5, 5.41) is 5.17. The van der Waals surface area contributed by atoms with Gasteiger partial charge in [-0.15, -0.1) is 0 Å². The van der Waals surface area contributed by atoms with Crippen LogP contribution in [0, 0.1) is 0 Å². The van der Waals surface area contributed by atoms with Crippen molar-refractivity contribution < 1.29 is 14.3 Å². The molecule has 0 aromatic heterocycles. The van der Waals surface area contributed by atoms with Crippen molar-refractivity contribution in [1.82, 2.24) is 5.32 Å². The molecule has 1 heterocycles. The van der Waals surface area contributed by atoms with Crippen LogP contribution in [-0.4, -0.2) is 31.1 Å². The van der Waals surface area contributed by atoms with E-state index in [-0.39, 0.29) is 6.10 Å². The van der Waals surface area contributed by atoms with Crippen molar-refractivity contribution in [2.45, 2.75) is 32.3 Å². The van der Waals surface area contributed by atoms with Gasteiger partial charge in [-0.3, -0.25) is 9.59 Å². The molecule has 20 heavy (non-hydrogen) atoms. The van der Waals surface area contributed by atoms with Crippen molar-refractivity contribution in [2.75, 3.05) is 18.5 Å². The van der Waals surface area contributed by atoms with Crippen LogP contribution >= 0.6 is 0 Å². The Hall–Kier alpha value is -1.88. The van der Waals surface area contributed by atoms with E-state index in [4.69, 9.17) is 4.74 Å². The Bertz CT molecular complexity index is 465. The van der Waals surface area contributed by atoms with Crippen LogP contribution in [-0.2, 0) is 20.7 Å². The first-order valence-electron chi connectivity index (χ1n) is 6.98.